The van der Waals surface area contributed by atoms with Crippen molar-refractivity contribution in [2.24, 2.45) is 0 Å². The first-order valence-corrected chi connectivity index (χ1v) is 6.06. The molecule has 0 N–H and O–H groups in total. The minimum atomic E-state index is -0.428. The number of nitro benzene ring substituents is 1. The van der Waals surface area contributed by atoms with Crippen LogP contribution in [0.3, 0.4) is 0 Å². The van der Waals surface area contributed by atoms with Crippen LogP contribution in [-0.2, 0) is 0 Å². The number of oxazole rings is 1. The molecule has 1 aromatic carbocycles. The first-order chi connectivity index (χ1) is 9.13. The average molecular weight is 259 g/mol. The van der Waals surface area contributed by atoms with Gasteiger partial charge in [0.25, 0.3) is 5.69 Å². The zero-order valence-electron chi connectivity index (χ0n) is 10.5. The Labute approximate surface area is 109 Å². The fourth-order valence-electron chi connectivity index (χ4n) is 2.13. The normalized spacial score (nSPS) is 16.6. The van der Waals surface area contributed by atoms with Crippen LogP contribution in [0.25, 0.3) is 16.7 Å². The zero-order valence-corrected chi connectivity index (χ0v) is 10.5. The molecule has 6 nitrogen and oxygen atoms in total. The van der Waals surface area contributed by atoms with E-state index in [2.05, 4.69) is 23.0 Å². The van der Waals surface area contributed by atoms with Gasteiger partial charge in [-0.15, -0.1) is 0 Å². The van der Waals surface area contributed by atoms with Crippen molar-refractivity contribution in [2.75, 3.05) is 20.1 Å². The Morgan fingerprint density at radius 1 is 1.47 bits per heavy atom. The van der Waals surface area contributed by atoms with Gasteiger partial charge in [0.2, 0.25) is 5.89 Å². The summed E-state index contributed by atoms with van der Waals surface area (Å²) in [5.74, 6) is 0.573. The van der Waals surface area contributed by atoms with Gasteiger partial charge in [0.15, 0.2) is 5.58 Å². The largest absolute Gasteiger partial charge is 0.436 e. The first-order valence-electron chi connectivity index (χ1n) is 6.06. The van der Waals surface area contributed by atoms with Gasteiger partial charge >= 0.3 is 0 Å². The molecule has 0 unspecified atom stereocenters. The average Bonchev–Trinajstić information content (AvgIpc) is 2.82. The van der Waals surface area contributed by atoms with Crippen molar-refractivity contribution in [3.8, 4) is 0 Å². The molecule has 0 fully saturated rings. The molecule has 2 heterocycles. The summed E-state index contributed by atoms with van der Waals surface area (Å²) in [6.07, 6.45) is 2.97. The van der Waals surface area contributed by atoms with E-state index in [9.17, 15) is 10.1 Å². The Bertz CT molecular complexity index is 675. The number of aromatic nitrogens is 1. The molecule has 1 aromatic heterocycles. The molecule has 0 bridgehead atoms. The summed E-state index contributed by atoms with van der Waals surface area (Å²) in [6.45, 7) is 1.83. The number of rotatable bonds is 2. The molecule has 0 aliphatic carbocycles. The number of benzene rings is 1. The smallest absolute Gasteiger partial charge is 0.271 e. The maximum Gasteiger partial charge on any atom is 0.271 e. The second kappa shape index (κ2) is 4.47. The standard InChI is InChI=1S/C13H13N3O3/c1-15-6-4-9(5-7-15)13-14-11-8-10(16(17)18)2-3-12(11)19-13/h2-4,8H,5-7H2,1H3. The van der Waals surface area contributed by atoms with Crippen molar-refractivity contribution in [1.82, 2.24) is 9.88 Å². The molecule has 0 amide bonds. The van der Waals surface area contributed by atoms with Crippen molar-refractivity contribution in [3.63, 3.8) is 0 Å². The molecule has 0 atom stereocenters. The third kappa shape index (κ3) is 2.22. The molecule has 0 radical (unpaired) electrons. The Morgan fingerprint density at radius 3 is 3.00 bits per heavy atom. The van der Waals surface area contributed by atoms with Crippen LogP contribution in [0, 0.1) is 10.1 Å². The maximum atomic E-state index is 10.7. The van der Waals surface area contributed by atoms with Gasteiger partial charge in [-0.05, 0) is 19.5 Å². The van der Waals surface area contributed by atoms with Crippen LogP contribution in [0.15, 0.2) is 28.7 Å². The van der Waals surface area contributed by atoms with Crippen molar-refractivity contribution < 1.29 is 9.34 Å². The highest BCUT2D eigenvalue weighted by molar-refractivity contribution is 5.78. The Balaban J connectivity index is 2.00. The van der Waals surface area contributed by atoms with Crippen molar-refractivity contribution in [1.29, 1.82) is 0 Å². The second-order valence-electron chi connectivity index (χ2n) is 4.67. The van der Waals surface area contributed by atoms with Gasteiger partial charge in [-0.25, -0.2) is 4.98 Å². The molecule has 0 saturated heterocycles. The minimum Gasteiger partial charge on any atom is -0.436 e. The summed E-state index contributed by atoms with van der Waals surface area (Å²) in [5.41, 5.74) is 2.21. The van der Waals surface area contributed by atoms with E-state index in [0.29, 0.717) is 17.0 Å². The molecule has 2 aromatic rings. The molecule has 0 saturated carbocycles. The highest BCUT2D eigenvalue weighted by Crippen LogP contribution is 2.27. The van der Waals surface area contributed by atoms with Crippen LogP contribution >= 0.6 is 0 Å². The van der Waals surface area contributed by atoms with Crippen LogP contribution in [0.2, 0.25) is 0 Å². The summed E-state index contributed by atoms with van der Waals surface area (Å²) in [7, 11) is 2.06. The van der Waals surface area contributed by atoms with E-state index in [1.165, 1.54) is 12.1 Å². The van der Waals surface area contributed by atoms with Crippen molar-refractivity contribution in [2.45, 2.75) is 6.42 Å². The van der Waals surface area contributed by atoms with Gasteiger partial charge in [0.05, 0.1) is 4.92 Å². The molecule has 3 rings (SSSR count). The predicted molar refractivity (Wildman–Crippen MR) is 70.8 cm³/mol. The highest BCUT2D eigenvalue weighted by Gasteiger charge is 2.16. The van der Waals surface area contributed by atoms with Gasteiger partial charge in [-0.2, -0.15) is 0 Å². The topological polar surface area (TPSA) is 72.4 Å². The molecule has 6 heteroatoms. The number of likely N-dealkylation sites (N-methyl/N-ethyl adjacent to an activating group) is 1. The second-order valence-corrected chi connectivity index (χ2v) is 4.67. The molecule has 19 heavy (non-hydrogen) atoms. The van der Waals surface area contributed by atoms with E-state index in [1.54, 1.807) is 6.07 Å². The SMILES string of the molecule is CN1CC=C(c2nc3cc([N+](=O)[O-])ccc3o2)CC1. The summed E-state index contributed by atoms with van der Waals surface area (Å²) < 4.78 is 5.66. The third-order valence-electron chi connectivity index (χ3n) is 3.27. The molecule has 98 valence electrons. The van der Waals surface area contributed by atoms with Crippen LogP contribution in [0.5, 0.6) is 0 Å². The summed E-state index contributed by atoms with van der Waals surface area (Å²) in [5, 5.41) is 10.7. The number of hydrogen-bond donors (Lipinski definition) is 0. The number of hydrogen-bond acceptors (Lipinski definition) is 5. The lowest BCUT2D eigenvalue weighted by atomic mass is 10.1. The third-order valence-corrected chi connectivity index (χ3v) is 3.27. The van der Waals surface area contributed by atoms with Crippen LogP contribution in [0.1, 0.15) is 12.3 Å². The van der Waals surface area contributed by atoms with Crippen LogP contribution < -0.4 is 0 Å². The number of nitrogens with zero attached hydrogens (tertiary/aromatic N) is 3. The predicted octanol–water partition coefficient (Wildman–Crippen LogP) is 2.45. The van der Waals surface area contributed by atoms with E-state index in [4.69, 9.17) is 4.42 Å². The fraction of sp³-hybridized carbons (Fsp3) is 0.308. The van der Waals surface area contributed by atoms with E-state index in [-0.39, 0.29) is 5.69 Å². The fourth-order valence-corrected chi connectivity index (χ4v) is 2.13. The zero-order chi connectivity index (χ0) is 13.4. The van der Waals surface area contributed by atoms with Gasteiger partial charge in [-0.3, -0.25) is 10.1 Å². The Morgan fingerprint density at radius 2 is 2.32 bits per heavy atom. The monoisotopic (exact) mass is 259 g/mol. The summed E-state index contributed by atoms with van der Waals surface area (Å²) >= 11 is 0. The Kier molecular flexibility index (Phi) is 2.79. The van der Waals surface area contributed by atoms with Gasteiger partial charge < -0.3 is 9.32 Å². The van der Waals surface area contributed by atoms with Crippen molar-refractivity contribution >= 4 is 22.4 Å². The van der Waals surface area contributed by atoms with Crippen molar-refractivity contribution in [3.05, 3.63) is 40.3 Å². The van der Waals surface area contributed by atoms with Crippen LogP contribution in [0.4, 0.5) is 5.69 Å². The highest BCUT2D eigenvalue weighted by atomic mass is 16.6. The van der Waals surface area contributed by atoms with Crippen LogP contribution in [-0.4, -0.2) is 34.9 Å². The summed E-state index contributed by atoms with van der Waals surface area (Å²) in [6, 6.07) is 4.47. The lowest BCUT2D eigenvalue weighted by molar-refractivity contribution is -0.384. The number of non-ortho nitro benzene ring substituents is 1. The summed E-state index contributed by atoms with van der Waals surface area (Å²) in [4.78, 5) is 16.8. The van der Waals surface area contributed by atoms with E-state index >= 15 is 0 Å². The molecule has 1 aliphatic heterocycles. The van der Waals surface area contributed by atoms with E-state index in [1.807, 2.05) is 0 Å². The molecular formula is C13H13N3O3. The lowest BCUT2D eigenvalue weighted by Crippen LogP contribution is -2.23. The molecule has 0 spiro atoms. The van der Waals surface area contributed by atoms with Gasteiger partial charge in [-0.1, -0.05) is 6.08 Å². The van der Waals surface area contributed by atoms with Gasteiger partial charge in [0.1, 0.15) is 5.52 Å². The number of nitro groups is 1. The maximum absolute atomic E-state index is 10.7. The van der Waals surface area contributed by atoms with E-state index in [0.717, 1.165) is 25.1 Å². The molecular weight excluding hydrogens is 246 g/mol. The minimum absolute atomic E-state index is 0.0321. The van der Waals surface area contributed by atoms with Gasteiger partial charge in [0, 0.05) is 30.8 Å². The first kappa shape index (κ1) is 11.9. The number of fused-ring (bicyclic) bond motifs is 1. The lowest BCUT2D eigenvalue weighted by Gasteiger charge is -2.20. The quantitative estimate of drug-likeness (QED) is 0.612. The Hall–Kier alpha value is -2.21. The van der Waals surface area contributed by atoms with E-state index < -0.39 is 4.92 Å². The molecule has 1 aliphatic rings.